The Morgan fingerprint density at radius 1 is 1.08 bits per heavy atom. The van der Waals surface area contributed by atoms with Crippen LogP contribution in [0.15, 0.2) is 66.0 Å². The molecule has 36 heavy (non-hydrogen) atoms. The lowest BCUT2D eigenvalue weighted by Crippen LogP contribution is -2.44. The number of hydrogen-bond donors (Lipinski definition) is 0. The number of ether oxygens (including phenoxy) is 1. The van der Waals surface area contributed by atoms with Gasteiger partial charge in [0.05, 0.1) is 18.6 Å². The highest BCUT2D eigenvalue weighted by atomic mass is 35.5. The van der Waals surface area contributed by atoms with Crippen LogP contribution in [0.3, 0.4) is 0 Å². The fraction of sp³-hybridized carbons (Fsp3) is 0.259. The normalized spacial score (nSPS) is 14.0. The summed E-state index contributed by atoms with van der Waals surface area (Å²) in [4.78, 5) is 36.8. The van der Waals surface area contributed by atoms with Gasteiger partial charge in [-0.3, -0.25) is 9.59 Å². The Morgan fingerprint density at radius 2 is 1.92 bits per heavy atom. The van der Waals surface area contributed by atoms with E-state index in [-0.39, 0.29) is 17.6 Å². The highest BCUT2D eigenvalue weighted by Gasteiger charge is 2.27. The number of hydrogen-bond acceptors (Lipinski definition) is 5. The van der Waals surface area contributed by atoms with Gasteiger partial charge >= 0.3 is 0 Å². The quantitative estimate of drug-likeness (QED) is 0.387. The van der Waals surface area contributed by atoms with Crippen LogP contribution in [0.4, 0.5) is 0 Å². The third-order valence-electron chi connectivity index (χ3n) is 6.41. The first kappa shape index (κ1) is 23.8. The van der Waals surface area contributed by atoms with Crippen LogP contribution in [0.5, 0.6) is 5.88 Å². The number of pyridine rings is 2. The van der Waals surface area contributed by atoms with Gasteiger partial charge in [-0.25, -0.2) is 9.97 Å². The van der Waals surface area contributed by atoms with E-state index in [1.165, 1.54) is 4.57 Å². The van der Waals surface area contributed by atoms with Crippen LogP contribution in [-0.2, 0) is 13.1 Å². The van der Waals surface area contributed by atoms with Crippen molar-refractivity contribution in [3.05, 3.63) is 105 Å². The van der Waals surface area contributed by atoms with Crippen LogP contribution in [0.2, 0.25) is 5.02 Å². The standard InChI is InChI=1S/C27H26ClN5O3/c1-17-13-21(28)6-7-22(17)19(3)36-25-20(5-4-10-29-25)15-31-11-12-33-24(26(31)34)9-8-23(27(33)35)32-14-18(2)30-16-32/h4-10,13-14,16,19H,11-12,15H2,1-3H3. The number of amides is 1. The van der Waals surface area contributed by atoms with E-state index in [2.05, 4.69) is 9.97 Å². The van der Waals surface area contributed by atoms with Gasteiger partial charge in [-0.15, -0.1) is 0 Å². The fourth-order valence-corrected chi connectivity index (χ4v) is 4.77. The van der Waals surface area contributed by atoms with Crippen molar-refractivity contribution in [3.8, 4) is 11.6 Å². The van der Waals surface area contributed by atoms with Crippen molar-refractivity contribution in [1.29, 1.82) is 0 Å². The number of aromatic nitrogens is 4. The Labute approximate surface area is 213 Å². The summed E-state index contributed by atoms with van der Waals surface area (Å²) >= 11 is 6.10. The third-order valence-corrected chi connectivity index (χ3v) is 6.65. The van der Waals surface area contributed by atoms with Crippen LogP contribution in [-0.4, -0.2) is 36.5 Å². The highest BCUT2D eigenvalue weighted by molar-refractivity contribution is 6.30. The molecule has 9 heteroatoms. The first-order valence-corrected chi connectivity index (χ1v) is 12.1. The molecule has 0 spiro atoms. The average Bonchev–Trinajstić information content (AvgIpc) is 3.28. The van der Waals surface area contributed by atoms with Gasteiger partial charge in [0.1, 0.15) is 17.5 Å². The maximum atomic E-state index is 13.3. The Balaban J connectivity index is 1.37. The molecule has 0 bridgehead atoms. The molecule has 1 atom stereocenters. The number of imidazole rings is 1. The first-order valence-electron chi connectivity index (χ1n) is 11.7. The molecule has 3 aromatic heterocycles. The van der Waals surface area contributed by atoms with E-state index in [0.29, 0.717) is 41.9 Å². The summed E-state index contributed by atoms with van der Waals surface area (Å²) in [6.45, 7) is 6.94. The van der Waals surface area contributed by atoms with E-state index in [0.717, 1.165) is 22.4 Å². The molecule has 0 saturated heterocycles. The fourth-order valence-electron chi connectivity index (χ4n) is 4.54. The number of halogens is 1. The van der Waals surface area contributed by atoms with E-state index in [9.17, 15) is 9.59 Å². The minimum atomic E-state index is -0.252. The number of carbonyl (C=O) groups is 1. The summed E-state index contributed by atoms with van der Waals surface area (Å²) < 4.78 is 9.45. The predicted molar refractivity (Wildman–Crippen MR) is 137 cm³/mol. The molecule has 184 valence electrons. The van der Waals surface area contributed by atoms with Gasteiger partial charge < -0.3 is 18.8 Å². The smallest absolute Gasteiger partial charge is 0.275 e. The summed E-state index contributed by atoms with van der Waals surface area (Å²) in [7, 11) is 0. The zero-order valence-corrected chi connectivity index (χ0v) is 21.1. The van der Waals surface area contributed by atoms with Crippen LogP contribution < -0.4 is 10.3 Å². The molecule has 0 saturated carbocycles. The minimum absolute atomic E-state index is 0.205. The van der Waals surface area contributed by atoms with Gasteiger partial charge in [-0.05, 0) is 62.2 Å². The Bertz CT molecular complexity index is 1510. The molecule has 5 rings (SSSR count). The lowest BCUT2D eigenvalue weighted by atomic mass is 10.0. The number of aryl methyl sites for hydroxylation is 2. The summed E-state index contributed by atoms with van der Waals surface area (Å²) in [5.74, 6) is 0.268. The average molecular weight is 504 g/mol. The van der Waals surface area contributed by atoms with Crippen molar-refractivity contribution in [2.45, 2.75) is 40.0 Å². The second-order valence-electron chi connectivity index (χ2n) is 8.94. The molecule has 4 aromatic rings. The predicted octanol–water partition coefficient (Wildman–Crippen LogP) is 4.50. The maximum Gasteiger partial charge on any atom is 0.275 e. The van der Waals surface area contributed by atoms with Crippen LogP contribution in [0, 0.1) is 13.8 Å². The second-order valence-corrected chi connectivity index (χ2v) is 9.37. The Morgan fingerprint density at radius 3 is 2.67 bits per heavy atom. The van der Waals surface area contributed by atoms with Crippen molar-refractivity contribution in [3.63, 3.8) is 0 Å². The lowest BCUT2D eigenvalue weighted by molar-refractivity contribution is 0.0683. The Hall–Kier alpha value is -3.91. The minimum Gasteiger partial charge on any atom is -0.470 e. The summed E-state index contributed by atoms with van der Waals surface area (Å²) in [6, 6.07) is 12.8. The van der Waals surface area contributed by atoms with E-state index < -0.39 is 0 Å². The van der Waals surface area contributed by atoms with Crippen LogP contribution in [0.1, 0.15) is 45.9 Å². The first-order chi connectivity index (χ1) is 17.3. The van der Waals surface area contributed by atoms with E-state index in [4.69, 9.17) is 16.3 Å². The summed E-state index contributed by atoms with van der Waals surface area (Å²) in [6.07, 6.45) is 4.81. The van der Waals surface area contributed by atoms with Gasteiger partial charge in [0.15, 0.2) is 0 Å². The zero-order valence-electron chi connectivity index (χ0n) is 20.3. The molecule has 1 amide bonds. The van der Waals surface area contributed by atoms with E-state index in [1.54, 1.807) is 40.3 Å². The van der Waals surface area contributed by atoms with E-state index in [1.807, 2.05) is 51.1 Å². The Kier molecular flexibility index (Phi) is 6.36. The van der Waals surface area contributed by atoms with Crippen molar-refractivity contribution >= 4 is 17.5 Å². The summed E-state index contributed by atoms with van der Waals surface area (Å²) in [5.41, 5.74) is 4.28. The monoisotopic (exact) mass is 503 g/mol. The lowest BCUT2D eigenvalue weighted by Gasteiger charge is -2.30. The van der Waals surface area contributed by atoms with Gasteiger partial charge in [-0.1, -0.05) is 23.7 Å². The van der Waals surface area contributed by atoms with Gasteiger partial charge in [-0.2, -0.15) is 0 Å². The van der Waals surface area contributed by atoms with E-state index >= 15 is 0 Å². The van der Waals surface area contributed by atoms with Gasteiger partial charge in [0.2, 0.25) is 5.88 Å². The second kappa shape index (κ2) is 9.62. The molecule has 1 aliphatic heterocycles. The number of benzene rings is 1. The molecular formula is C27H26ClN5O3. The van der Waals surface area contributed by atoms with Crippen molar-refractivity contribution in [1.82, 2.24) is 24.0 Å². The summed E-state index contributed by atoms with van der Waals surface area (Å²) in [5, 5.41) is 0.678. The van der Waals surface area contributed by atoms with Gasteiger partial charge in [0.25, 0.3) is 11.5 Å². The number of fused-ring (bicyclic) bond motifs is 1. The van der Waals surface area contributed by atoms with Crippen molar-refractivity contribution in [2.24, 2.45) is 0 Å². The topological polar surface area (TPSA) is 82.3 Å². The molecular weight excluding hydrogens is 478 g/mol. The molecule has 8 nitrogen and oxygen atoms in total. The van der Waals surface area contributed by atoms with Crippen molar-refractivity contribution < 1.29 is 9.53 Å². The number of nitrogens with zero attached hydrogens (tertiary/aromatic N) is 5. The van der Waals surface area contributed by atoms with Crippen molar-refractivity contribution in [2.75, 3.05) is 6.54 Å². The largest absolute Gasteiger partial charge is 0.470 e. The third kappa shape index (κ3) is 4.52. The number of carbonyl (C=O) groups excluding carboxylic acids is 1. The number of rotatable bonds is 6. The molecule has 0 N–H and O–H groups in total. The zero-order chi connectivity index (χ0) is 25.4. The molecule has 1 aliphatic rings. The molecule has 0 aliphatic carbocycles. The maximum absolute atomic E-state index is 13.3. The molecule has 0 fully saturated rings. The SMILES string of the molecule is Cc1cn(-c2ccc3n(c2=O)CCN(Cc2cccnc2OC(C)c2ccc(Cl)cc2C)C3=O)cn1. The highest BCUT2D eigenvalue weighted by Crippen LogP contribution is 2.28. The molecule has 1 unspecified atom stereocenters. The molecule has 1 aromatic carbocycles. The van der Waals surface area contributed by atoms with Crippen LogP contribution >= 0.6 is 11.6 Å². The molecule has 0 radical (unpaired) electrons. The molecule has 4 heterocycles. The van der Waals surface area contributed by atoms with Gasteiger partial charge in [0, 0.05) is 36.1 Å². The van der Waals surface area contributed by atoms with Crippen LogP contribution in [0.25, 0.3) is 5.69 Å².